The van der Waals surface area contributed by atoms with Crippen LogP contribution < -0.4 is 5.32 Å². The fourth-order valence-electron chi connectivity index (χ4n) is 5.09. The van der Waals surface area contributed by atoms with Gasteiger partial charge in [0.15, 0.2) is 0 Å². The summed E-state index contributed by atoms with van der Waals surface area (Å²) in [5.41, 5.74) is 5.36. The molecule has 0 saturated heterocycles. The minimum absolute atomic E-state index is 0.0269. The number of carbonyl (C=O) groups is 2. The molecule has 36 heavy (non-hydrogen) atoms. The molecule has 3 aromatic carbocycles. The van der Waals surface area contributed by atoms with Crippen LogP contribution in [-0.4, -0.2) is 28.8 Å². The lowest BCUT2D eigenvalue weighted by Crippen LogP contribution is -2.53. The van der Waals surface area contributed by atoms with E-state index in [4.69, 9.17) is 0 Å². The van der Waals surface area contributed by atoms with E-state index in [1.165, 1.54) is 12.0 Å². The molecule has 0 radical (unpaired) electrons. The molecule has 1 fully saturated rings. The Balaban J connectivity index is 1.65. The second-order valence-electron chi connectivity index (χ2n) is 10.2. The van der Waals surface area contributed by atoms with Crippen molar-refractivity contribution in [2.75, 3.05) is 0 Å². The number of nitrogens with one attached hydrogen (secondary N) is 1. The van der Waals surface area contributed by atoms with Gasteiger partial charge in [-0.1, -0.05) is 109 Å². The number of rotatable bonds is 9. The normalized spacial score (nSPS) is 14.7. The molecule has 1 saturated carbocycles. The monoisotopic (exact) mass is 482 g/mol. The predicted molar refractivity (Wildman–Crippen MR) is 146 cm³/mol. The smallest absolute Gasteiger partial charge is 0.243 e. The van der Waals surface area contributed by atoms with Crippen LogP contribution in [0.15, 0.2) is 78.9 Å². The van der Waals surface area contributed by atoms with Crippen molar-refractivity contribution in [3.05, 3.63) is 107 Å². The maximum absolute atomic E-state index is 13.9. The third kappa shape index (κ3) is 7.30. The highest BCUT2D eigenvalue weighted by Gasteiger charge is 2.32. The highest BCUT2D eigenvalue weighted by Crippen LogP contribution is 2.21. The van der Waals surface area contributed by atoms with Crippen LogP contribution >= 0.6 is 0 Å². The Hall–Kier alpha value is -3.40. The van der Waals surface area contributed by atoms with Crippen LogP contribution in [0.5, 0.6) is 0 Å². The van der Waals surface area contributed by atoms with E-state index < -0.39 is 6.04 Å². The van der Waals surface area contributed by atoms with Gasteiger partial charge in [0.25, 0.3) is 0 Å². The first-order chi connectivity index (χ1) is 17.5. The van der Waals surface area contributed by atoms with Crippen molar-refractivity contribution in [2.45, 2.75) is 77.4 Å². The molecule has 0 bridgehead atoms. The fraction of sp³-hybridized carbons (Fsp3) is 0.375. The lowest BCUT2D eigenvalue weighted by atomic mass is 9.94. The van der Waals surface area contributed by atoms with Gasteiger partial charge in [-0.05, 0) is 43.4 Å². The van der Waals surface area contributed by atoms with Crippen LogP contribution in [0.3, 0.4) is 0 Å². The molecule has 0 unspecified atom stereocenters. The Morgan fingerprint density at radius 1 is 0.806 bits per heavy atom. The van der Waals surface area contributed by atoms with E-state index in [0.29, 0.717) is 13.0 Å². The number of amides is 2. The molecule has 1 N–H and O–H groups in total. The van der Waals surface area contributed by atoms with Gasteiger partial charge >= 0.3 is 0 Å². The van der Waals surface area contributed by atoms with Gasteiger partial charge in [-0.15, -0.1) is 0 Å². The Morgan fingerprint density at radius 2 is 1.50 bits per heavy atom. The molecule has 3 aromatic rings. The van der Waals surface area contributed by atoms with Gasteiger partial charge in [0.2, 0.25) is 11.8 Å². The topological polar surface area (TPSA) is 49.4 Å². The van der Waals surface area contributed by atoms with E-state index in [1.54, 1.807) is 4.90 Å². The number of nitrogens with zero attached hydrogens (tertiary/aromatic N) is 1. The highest BCUT2D eigenvalue weighted by molar-refractivity contribution is 5.89. The molecular weight excluding hydrogens is 444 g/mol. The van der Waals surface area contributed by atoms with Crippen LogP contribution in [0, 0.1) is 13.8 Å². The zero-order chi connectivity index (χ0) is 25.3. The van der Waals surface area contributed by atoms with E-state index in [1.807, 2.05) is 55.5 Å². The summed E-state index contributed by atoms with van der Waals surface area (Å²) >= 11 is 0. The van der Waals surface area contributed by atoms with Gasteiger partial charge in [0.05, 0.1) is 6.42 Å². The second kappa shape index (κ2) is 12.5. The van der Waals surface area contributed by atoms with Crippen molar-refractivity contribution in [1.82, 2.24) is 10.2 Å². The van der Waals surface area contributed by atoms with Crippen molar-refractivity contribution in [2.24, 2.45) is 0 Å². The minimum atomic E-state index is -0.576. The maximum Gasteiger partial charge on any atom is 0.243 e. The largest absolute Gasteiger partial charge is 0.352 e. The van der Waals surface area contributed by atoms with E-state index in [9.17, 15) is 9.59 Å². The first kappa shape index (κ1) is 25.7. The van der Waals surface area contributed by atoms with Gasteiger partial charge in [0, 0.05) is 19.0 Å². The summed E-state index contributed by atoms with van der Waals surface area (Å²) in [5.74, 6) is -0.0728. The Morgan fingerprint density at radius 3 is 2.19 bits per heavy atom. The third-order valence-corrected chi connectivity index (χ3v) is 7.13. The second-order valence-corrected chi connectivity index (χ2v) is 10.2. The maximum atomic E-state index is 13.9. The number of benzene rings is 3. The minimum Gasteiger partial charge on any atom is -0.352 e. The van der Waals surface area contributed by atoms with Gasteiger partial charge in [0.1, 0.15) is 6.04 Å². The van der Waals surface area contributed by atoms with Gasteiger partial charge in [-0.25, -0.2) is 0 Å². The number of aryl methyl sites for hydroxylation is 2. The van der Waals surface area contributed by atoms with E-state index in [2.05, 4.69) is 42.6 Å². The van der Waals surface area contributed by atoms with Crippen LogP contribution in [0.1, 0.15) is 59.9 Å². The lowest BCUT2D eigenvalue weighted by Gasteiger charge is -2.33. The number of carbonyl (C=O) groups excluding carboxylic acids is 2. The average molecular weight is 483 g/mol. The quantitative estimate of drug-likeness (QED) is 0.411. The molecule has 4 heteroatoms. The van der Waals surface area contributed by atoms with Crippen molar-refractivity contribution in [1.29, 1.82) is 0 Å². The molecule has 1 aliphatic rings. The number of hydrogen-bond donors (Lipinski definition) is 1. The zero-order valence-corrected chi connectivity index (χ0v) is 21.6. The summed E-state index contributed by atoms with van der Waals surface area (Å²) in [4.78, 5) is 29.5. The fourth-order valence-corrected chi connectivity index (χ4v) is 5.09. The Bertz CT molecular complexity index is 1130. The first-order valence-corrected chi connectivity index (χ1v) is 13.2. The lowest BCUT2D eigenvalue weighted by molar-refractivity contribution is -0.141. The Labute approximate surface area is 215 Å². The summed E-state index contributed by atoms with van der Waals surface area (Å²) in [6, 6.07) is 26.0. The summed E-state index contributed by atoms with van der Waals surface area (Å²) in [6.07, 6.45) is 6.31. The summed E-state index contributed by atoms with van der Waals surface area (Å²) in [6.45, 7) is 4.49. The molecule has 188 valence electrons. The van der Waals surface area contributed by atoms with Crippen LogP contribution in [-0.2, 0) is 29.0 Å². The van der Waals surface area contributed by atoms with Crippen molar-refractivity contribution in [3.63, 3.8) is 0 Å². The molecule has 4 rings (SSSR count). The molecule has 0 spiro atoms. The van der Waals surface area contributed by atoms with E-state index in [0.717, 1.165) is 47.9 Å². The molecule has 0 heterocycles. The van der Waals surface area contributed by atoms with E-state index >= 15 is 0 Å². The molecule has 0 aromatic heterocycles. The molecule has 1 aliphatic carbocycles. The van der Waals surface area contributed by atoms with Crippen LogP contribution in [0.2, 0.25) is 0 Å². The molecule has 1 atom stereocenters. The summed E-state index contributed by atoms with van der Waals surface area (Å²) in [7, 11) is 0. The van der Waals surface area contributed by atoms with Gasteiger partial charge in [-0.3, -0.25) is 9.59 Å². The summed E-state index contributed by atoms with van der Waals surface area (Å²) in [5, 5.41) is 3.31. The van der Waals surface area contributed by atoms with Gasteiger partial charge in [-0.2, -0.15) is 0 Å². The SMILES string of the molecule is Cc1ccc(CN(C(=O)Cc2cccc(C)c2)[C@@H](Cc2ccccc2)C(=O)NC2CCCCC2)cc1. The van der Waals surface area contributed by atoms with Crippen LogP contribution in [0.25, 0.3) is 0 Å². The van der Waals surface area contributed by atoms with Crippen molar-refractivity contribution >= 4 is 11.8 Å². The molecule has 4 nitrogen and oxygen atoms in total. The average Bonchev–Trinajstić information content (AvgIpc) is 2.88. The van der Waals surface area contributed by atoms with Crippen molar-refractivity contribution < 1.29 is 9.59 Å². The highest BCUT2D eigenvalue weighted by atomic mass is 16.2. The molecule has 2 amide bonds. The molecular formula is C32H38N2O2. The van der Waals surface area contributed by atoms with Gasteiger partial charge < -0.3 is 10.2 Å². The Kier molecular flexibility index (Phi) is 8.94. The molecule has 0 aliphatic heterocycles. The zero-order valence-electron chi connectivity index (χ0n) is 21.6. The van der Waals surface area contributed by atoms with Crippen LogP contribution in [0.4, 0.5) is 0 Å². The predicted octanol–water partition coefficient (Wildman–Crippen LogP) is 5.93. The first-order valence-electron chi connectivity index (χ1n) is 13.2. The van der Waals surface area contributed by atoms with E-state index in [-0.39, 0.29) is 24.3 Å². The standard InChI is InChI=1S/C32H38N2O2/c1-24-16-18-27(19-17-24)23-34(31(35)22-28-13-9-10-25(2)20-28)30(21-26-11-5-3-6-12-26)32(36)33-29-14-7-4-8-15-29/h3,5-6,9-13,16-20,29-30H,4,7-8,14-15,21-23H2,1-2H3,(H,33,36)/t30-/m0/s1. The third-order valence-electron chi connectivity index (χ3n) is 7.13. The van der Waals surface area contributed by atoms with Crippen molar-refractivity contribution in [3.8, 4) is 0 Å². The number of hydrogen-bond acceptors (Lipinski definition) is 2. The summed E-state index contributed by atoms with van der Waals surface area (Å²) < 4.78 is 0.